The Morgan fingerprint density at radius 1 is 1.53 bits per heavy atom. The van der Waals surface area contributed by atoms with Gasteiger partial charge in [-0.05, 0) is 42.8 Å². The van der Waals surface area contributed by atoms with Crippen molar-refractivity contribution < 1.29 is 19.7 Å². The molecule has 0 radical (unpaired) electrons. The van der Waals surface area contributed by atoms with Crippen LogP contribution in [-0.4, -0.2) is 34.6 Å². The van der Waals surface area contributed by atoms with Gasteiger partial charge in [-0.2, -0.15) is 0 Å². The highest BCUT2D eigenvalue weighted by atomic mass is 79.9. The minimum Gasteiger partial charge on any atom is -0.444 e. The number of aliphatic hydroxyl groups excluding tert-OH is 2. The van der Waals surface area contributed by atoms with E-state index in [1.807, 2.05) is 5.38 Å². The fraction of sp³-hybridized carbons (Fsp3) is 0.583. The van der Waals surface area contributed by atoms with Gasteiger partial charge in [-0.1, -0.05) is 0 Å². The smallest absolute Gasteiger partial charge is 0.407 e. The number of carbonyl (C=O) groups is 1. The topological polar surface area (TPSA) is 78.8 Å². The predicted octanol–water partition coefficient (Wildman–Crippen LogP) is 2.43. The molecule has 1 aromatic rings. The molecule has 0 aliphatic heterocycles. The highest BCUT2D eigenvalue weighted by Crippen LogP contribution is 2.27. The molecule has 1 heterocycles. The fourth-order valence-electron chi connectivity index (χ4n) is 1.29. The average Bonchev–Trinajstić information content (AvgIpc) is 2.69. The average molecular weight is 352 g/mol. The highest BCUT2D eigenvalue weighted by Gasteiger charge is 2.22. The van der Waals surface area contributed by atoms with Crippen LogP contribution < -0.4 is 5.32 Å². The number of ether oxygens (including phenoxy) is 1. The van der Waals surface area contributed by atoms with Gasteiger partial charge in [0.05, 0.1) is 0 Å². The van der Waals surface area contributed by atoms with Gasteiger partial charge in [-0.15, -0.1) is 11.3 Å². The SMILES string of the molecule is CC(C)(C)OC(=O)NCC(O)C(O)c1cc(Br)cs1. The molecule has 3 N–H and O–H groups in total. The van der Waals surface area contributed by atoms with Crippen molar-refractivity contribution in [1.82, 2.24) is 5.32 Å². The number of carbonyl (C=O) groups excluding carboxylic acids is 1. The predicted molar refractivity (Wildman–Crippen MR) is 77.2 cm³/mol. The van der Waals surface area contributed by atoms with Gasteiger partial charge in [0.25, 0.3) is 0 Å². The molecule has 0 saturated heterocycles. The van der Waals surface area contributed by atoms with E-state index in [1.54, 1.807) is 26.8 Å². The van der Waals surface area contributed by atoms with Crippen LogP contribution in [0.4, 0.5) is 4.79 Å². The third-order valence-electron chi connectivity index (χ3n) is 2.10. The molecule has 2 atom stereocenters. The number of aliphatic hydroxyl groups is 2. The Morgan fingerprint density at radius 3 is 2.63 bits per heavy atom. The minimum absolute atomic E-state index is 0.0778. The number of amides is 1. The van der Waals surface area contributed by atoms with Crippen molar-refractivity contribution in [2.75, 3.05) is 6.54 Å². The molecule has 1 amide bonds. The van der Waals surface area contributed by atoms with Gasteiger partial charge in [0.15, 0.2) is 0 Å². The van der Waals surface area contributed by atoms with E-state index in [1.165, 1.54) is 11.3 Å². The molecule has 108 valence electrons. The van der Waals surface area contributed by atoms with Crippen LogP contribution in [0.5, 0.6) is 0 Å². The summed E-state index contributed by atoms with van der Waals surface area (Å²) in [4.78, 5) is 12.0. The first-order valence-corrected chi connectivity index (χ1v) is 7.43. The number of alkyl carbamates (subject to hydrolysis) is 1. The number of hydrogen-bond acceptors (Lipinski definition) is 5. The van der Waals surface area contributed by atoms with E-state index in [0.29, 0.717) is 4.88 Å². The second-order valence-corrected chi connectivity index (χ2v) is 6.92. The quantitative estimate of drug-likeness (QED) is 0.778. The van der Waals surface area contributed by atoms with Gasteiger partial charge in [0.2, 0.25) is 0 Å². The Labute approximate surface area is 124 Å². The molecule has 0 saturated carbocycles. The lowest BCUT2D eigenvalue weighted by Crippen LogP contribution is -2.38. The van der Waals surface area contributed by atoms with Gasteiger partial charge >= 0.3 is 6.09 Å². The normalized spacial score (nSPS) is 14.8. The molecular formula is C12H18BrNO4S. The molecule has 0 bridgehead atoms. The van der Waals surface area contributed by atoms with Crippen LogP contribution in [0.3, 0.4) is 0 Å². The van der Waals surface area contributed by atoms with Crippen LogP contribution in [0.1, 0.15) is 31.8 Å². The zero-order valence-corrected chi connectivity index (χ0v) is 13.4. The Bertz CT molecular complexity index is 430. The maximum absolute atomic E-state index is 11.4. The van der Waals surface area contributed by atoms with Crippen LogP contribution in [0.25, 0.3) is 0 Å². The summed E-state index contributed by atoms with van der Waals surface area (Å²) in [5.74, 6) is 0. The number of thiophene rings is 1. The van der Waals surface area contributed by atoms with Crippen molar-refractivity contribution in [2.24, 2.45) is 0 Å². The lowest BCUT2D eigenvalue weighted by molar-refractivity contribution is 0.0146. The molecule has 1 aromatic heterocycles. The van der Waals surface area contributed by atoms with Gasteiger partial charge in [-0.25, -0.2) is 4.79 Å². The molecule has 1 rings (SSSR count). The summed E-state index contributed by atoms with van der Waals surface area (Å²) in [7, 11) is 0. The van der Waals surface area contributed by atoms with E-state index in [4.69, 9.17) is 4.74 Å². The molecule has 0 spiro atoms. The van der Waals surface area contributed by atoms with Crippen molar-refractivity contribution in [3.8, 4) is 0 Å². The standard InChI is InChI=1S/C12H18BrNO4S/c1-12(2,3)18-11(17)14-5-8(15)10(16)9-4-7(13)6-19-9/h4,6,8,10,15-16H,5H2,1-3H3,(H,14,17). The summed E-state index contributed by atoms with van der Waals surface area (Å²) < 4.78 is 5.88. The van der Waals surface area contributed by atoms with Crippen molar-refractivity contribution in [3.63, 3.8) is 0 Å². The summed E-state index contributed by atoms with van der Waals surface area (Å²) >= 11 is 4.60. The second kappa shape index (κ2) is 6.69. The van der Waals surface area contributed by atoms with Crippen LogP contribution in [0, 0.1) is 0 Å². The maximum Gasteiger partial charge on any atom is 0.407 e. The van der Waals surface area contributed by atoms with Crippen molar-refractivity contribution in [3.05, 3.63) is 20.8 Å². The number of rotatable bonds is 4. The molecule has 0 aromatic carbocycles. The van der Waals surface area contributed by atoms with Crippen molar-refractivity contribution in [1.29, 1.82) is 0 Å². The Hall–Kier alpha value is -0.630. The molecule has 7 heteroatoms. The largest absolute Gasteiger partial charge is 0.444 e. The van der Waals surface area contributed by atoms with Crippen LogP contribution in [0.15, 0.2) is 15.9 Å². The van der Waals surface area contributed by atoms with Crippen LogP contribution >= 0.6 is 27.3 Å². The third-order valence-corrected chi connectivity index (χ3v) is 3.86. The maximum atomic E-state index is 11.4. The minimum atomic E-state index is -1.09. The molecular weight excluding hydrogens is 334 g/mol. The zero-order valence-electron chi connectivity index (χ0n) is 11.0. The molecule has 2 unspecified atom stereocenters. The highest BCUT2D eigenvalue weighted by molar-refractivity contribution is 9.10. The first-order chi connectivity index (χ1) is 8.69. The lowest BCUT2D eigenvalue weighted by Gasteiger charge is -2.21. The van der Waals surface area contributed by atoms with Gasteiger partial charge < -0.3 is 20.3 Å². The first kappa shape index (κ1) is 16.4. The van der Waals surface area contributed by atoms with Gasteiger partial charge in [0.1, 0.15) is 17.8 Å². The van der Waals surface area contributed by atoms with E-state index in [9.17, 15) is 15.0 Å². The summed E-state index contributed by atoms with van der Waals surface area (Å²) in [6, 6.07) is 1.73. The van der Waals surface area contributed by atoms with E-state index >= 15 is 0 Å². The molecule has 0 fully saturated rings. The van der Waals surface area contributed by atoms with Gasteiger partial charge in [-0.3, -0.25) is 0 Å². The van der Waals surface area contributed by atoms with Crippen molar-refractivity contribution >= 4 is 33.4 Å². The van der Waals surface area contributed by atoms with Crippen LogP contribution in [0.2, 0.25) is 0 Å². The summed E-state index contributed by atoms with van der Waals surface area (Å²) in [5, 5.41) is 23.9. The fourth-order valence-corrected chi connectivity index (χ4v) is 2.77. The van der Waals surface area contributed by atoms with Crippen molar-refractivity contribution in [2.45, 2.75) is 38.6 Å². The zero-order chi connectivity index (χ0) is 14.6. The second-order valence-electron chi connectivity index (χ2n) is 5.06. The van der Waals surface area contributed by atoms with E-state index in [-0.39, 0.29) is 6.54 Å². The van der Waals surface area contributed by atoms with Crippen LogP contribution in [-0.2, 0) is 4.74 Å². The first-order valence-electron chi connectivity index (χ1n) is 5.76. The monoisotopic (exact) mass is 351 g/mol. The molecule has 5 nitrogen and oxygen atoms in total. The lowest BCUT2D eigenvalue weighted by atomic mass is 10.1. The van der Waals surface area contributed by atoms with E-state index < -0.39 is 23.9 Å². The van der Waals surface area contributed by atoms with E-state index in [0.717, 1.165) is 4.47 Å². The Kier molecular flexibility index (Phi) is 5.79. The summed E-state index contributed by atoms with van der Waals surface area (Å²) in [6.07, 6.45) is -2.74. The number of halogens is 1. The molecule has 19 heavy (non-hydrogen) atoms. The molecule has 0 aliphatic carbocycles. The van der Waals surface area contributed by atoms with E-state index in [2.05, 4.69) is 21.2 Å². The third kappa shape index (κ3) is 5.90. The number of nitrogens with one attached hydrogen (secondary N) is 1. The summed E-state index contributed by atoms with van der Waals surface area (Å²) in [5.41, 5.74) is -0.591. The van der Waals surface area contributed by atoms with Gasteiger partial charge in [0, 0.05) is 21.3 Å². The Morgan fingerprint density at radius 2 is 2.16 bits per heavy atom. The number of hydrogen-bond donors (Lipinski definition) is 3. The Balaban J connectivity index is 2.43. The summed E-state index contributed by atoms with van der Waals surface area (Å²) in [6.45, 7) is 5.18. The molecule has 0 aliphatic rings.